The molecule has 0 aromatic heterocycles. The molecule has 1 aromatic carbocycles. The molecule has 21 heavy (non-hydrogen) atoms. The van der Waals surface area contributed by atoms with E-state index in [4.69, 9.17) is 10.5 Å². The molecule has 1 aromatic rings. The zero-order valence-electron chi connectivity index (χ0n) is 13.0. The van der Waals surface area contributed by atoms with Crippen LogP contribution in [-0.2, 0) is 4.79 Å². The van der Waals surface area contributed by atoms with Crippen LogP contribution in [0.2, 0.25) is 0 Å². The lowest BCUT2D eigenvalue weighted by Crippen LogP contribution is -2.38. The van der Waals surface area contributed by atoms with Crippen LogP contribution in [0.15, 0.2) is 24.3 Å². The van der Waals surface area contributed by atoms with Gasteiger partial charge in [-0.1, -0.05) is 18.6 Å². The Morgan fingerprint density at radius 2 is 2.24 bits per heavy atom. The lowest BCUT2D eigenvalue weighted by atomic mass is 9.95. The third-order valence-electron chi connectivity index (χ3n) is 4.34. The van der Waals surface area contributed by atoms with Gasteiger partial charge in [-0.2, -0.15) is 0 Å². The van der Waals surface area contributed by atoms with Crippen LogP contribution in [0.4, 0.5) is 0 Å². The van der Waals surface area contributed by atoms with Crippen LogP contribution in [0, 0.1) is 18.8 Å². The highest BCUT2D eigenvalue weighted by Gasteiger charge is 2.33. The third kappa shape index (κ3) is 4.21. The van der Waals surface area contributed by atoms with Crippen LogP contribution in [0.1, 0.15) is 24.8 Å². The van der Waals surface area contributed by atoms with E-state index in [1.54, 1.807) is 4.90 Å². The molecule has 0 saturated heterocycles. The second-order valence-electron chi connectivity index (χ2n) is 5.96. The van der Waals surface area contributed by atoms with E-state index in [1.165, 1.54) is 5.56 Å². The van der Waals surface area contributed by atoms with Crippen LogP contribution >= 0.6 is 0 Å². The second-order valence-corrected chi connectivity index (χ2v) is 5.96. The molecule has 116 valence electrons. The number of nitrogens with zero attached hydrogens (tertiary/aromatic N) is 1. The third-order valence-corrected chi connectivity index (χ3v) is 4.34. The van der Waals surface area contributed by atoms with Crippen molar-refractivity contribution in [2.75, 3.05) is 26.7 Å². The van der Waals surface area contributed by atoms with E-state index < -0.39 is 0 Å². The average molecular weight is 290 g/mol. The highest BCUT2D eigenvalue weighted by atomic mass is 16.5. The fraction of sp³-hybridized carbons (Fsp3) is 0.588. The van der Waals surface area contributed by atoms with E-state index in [0.717, 1.165) is 25.0 Å². The molecule has 1 aliphatic carbocycles. The summed E-state index contributed by atoms with van der Waals surface area (Å²) < 4.78 is 5.70. The van der Waals surface area contributed by atoms with Crippen molar-refractivity contribution >= 4 is 5.91 Å². The van der Waals surface area contributed by atoms with Crippen molar-refractivity contribution in [3.05, 3.63) is 29.8 Å². The molecule has 1 amide bonds. The molecule has 0 spiro atoms. The Hall–Kier alpha value is -1.55. The Morgan fingerprint density at radius 3 is 2.95 bits per heavy atom. The Kier molecular flexibility index (Phi) is 5.62. The van der Waals surface area contributed by atoms with Crippen LogP contribution in [0.3, 0.4) is 0 Å². The van der Waals surface area contributed by atoms with Crippen molar-refractivity contribution in [2.24, 2.45) is 17.6 Å². The van der Waals surface area contributed by atoms with E-state index in [0.29, 0.717) is 25.6 Å². The first-order chi connectivity index (χ1) is 10.1. The summed E-state index contributed by atoms with van der Waals surface area (Å²) in [6.45, 7) is 3.78. The molecule has 4 nitrogen and oxygen atoms in total. The second kappa shape index (κ2) is 7.46. The summed E-state index contributed by atoms with van der Waals surface area (Å²) in [5, 5.41) is 0. The molecule has 2 N–H and O–H groups in total. The molecule has 2 rings (SSSR count). The minimum atomic E-state index is 0.110. The van der Waals surface area contributed by atoms with Crippen LogP contribution < -0.4 is 10.5 Å². The Labute approximate surface area is 127 Å². The van der Waals surface area contributed by atoms with Gasteiger partial charge in [0.05, 0.1) is 6.54 Å². The molecule has 0 heterocycles. The van der Waals surface area contributed by atoms with Crippen LogP contribution in [0.5, 0.6) is 5.75 Å². The smallest absolute Gasteiger partial charge is 0.225 e. The van der Waals surface area contributed by atoms with Gasteiger partial charge in [0.15, 0.2) is 0 Å². The topological polar surface area (TPSA) is 55.6 Å². The largest absolute Gasteiger partial charge is 0.492 e. The monoisotopic (exact) mass is 290 g/mol. The minimum absolute atomic E-state index is 0.110. The van der Waals surface area contributed by atoms with Crippen molar-refractivity contribution in [1.29, 1.82) is 0 Å². The minimum Gasteiger partial charge on any atom is -0.492 e. The first-order valence-corrected chi connectivity index (χ1v) is 7.76. The summed E-state index contributed by atoms with van der Waals surface area (Å²) in [6, 6.07) is 7.96. The lowest BCUT2D eigenvalue weighted by molar-refractivity contribution is -0.135. The molecule has 0 radical (unpaired) electrons. The maximum Gasteiger partial charge on any atom is 0.225 e. The number of rotatable bonds is 6. The van der Waals surface area contributed by atoms with Gasteiger partial charge in [-0.05, 0) is 49.9 Å². The number of benzene rings is 1. The van der Waals surface area contributed by atoms with Crippen molar-refractivity contribution in [1.82, 2.24) is 4.90 Å². The van der Waals surface area contributed by atoms with Gasteiger partial charge in [-0.25, -0.2) is 0 Å². The maximum atomic E-state index is 12.4. The molecule has 0 bridgehead atoms. The van der Waals surface area contributed by atoms with Gasteiger partial charge in [0.25, 0.3) is 0 Å². The average Bonchev–Trinajstić information content (AvgIpc) is 2.94. The zero-order valence-corrected chi connectivity index (χ0v) is 13.0. The van der Waals surface area contributed by atoms with Gasteiger partial charge in [0.2, 0.25) is 5.91 Å². The first kappa shape index (κ1) is 15.8. The predicted octanol–water partition coefficient (Wildman–Crippen LogP) is 2.21. The van der Waals surface area contributed by atoms with Crippen LogP contribution in [0.25, 0.3) is 0 Å². The lowest BCUT2D eigenvalue weighted by Gasteiger charge is -2.24. The van der Waals surface area contributed by atoms with E-state index in [-0.39, 0.29) is 11.8 Å². The maximum absolute atomic E-state index is 12.4. The summed E-state index contributed by atoms with van der Waals surface area (Å²) in [7, 11) is 1.85. The number of hydrogen-bond donors (Lipinski definition) is 1. The molecular formula is C17H26N2O2. The summed E-state index contributed by atoms with van der Waals surface area (Å²) in [6.07, 6.45) is 3.18. The van der Waals surface area contributed by atoms with Gasteiger partial charge >= 0.3 is 0 Å². The highest BCUT2D eigenvalue weighted by Crippen LogP contribution is 2.32. The van der Waals surface area contributed by atoms with Crippen molar-refractivity contribution in [3.8, 4) is 5.75 Å². The molecular weight excluding hydrogens is 264 g/mol. The van der Waals surface area contributed by atoms with Gasteiger partial charge in [-0.3, -0.25) is 4.79 Å². The SMILES string of the molecule is Cc1cccc(OCCN(C)C(=O)[C@@H]2CCC[C@@H]2CN)c1. The quantitative estimate of drug-likeness (QED) is 0.874. The number of ether oxygens (including phenoxy) is 1. The molecule has 0 unspecified atom stereocenters. The van der Waals surface area contributed by atoms with E-state index >= 15 is 0 Å². The van der Waals surface area contributed by atoms with Crippen molar-refractivity contribution in [2.45, 2.75) is 26.2 Å². The van der Waals surface area contributed by atoms with Gasteiger partial charge < -0.3 is 15.4 Å². The van der Waals surface area contributed by atoms with Crippen LogP contribution in [-0.4, -0.2) is 37.6 Å². The fourth-order valence-corrected chi connectivity index (χ4v) is 3.04. The summed E-state index contributed by atoms with van der Waals surface area (Å²) in [4.78, 5) is 14.2. The Balaban J connectivity index is 1.79. The Bertz CT molecular complexity index is 476. The summed E-state index contributed by atoms with van der Waals surface area (Å²) in [5.41, 5.74) is 6.93. The van der Waals surface area contributed by atoms with E-state index in [1.807, 2.05) is 38.2 Å². The van der Waals surface area contributed by atoms with Gasteiger partial charge in [0.1, 0.15) is 12.4 Å². The first-order valence-electron chi connectivity index (χ1n) is 7.76. The van der Waals surface area contributed by atoms with E-state index in [9.17, 15) is 4.79 Å². The standard InChI is InChI=1S/C17H26N2O2/c1-13-5-3-7-15(11-13)21-10-9-19(2)17(20)16-8-4-6-14(16)12-18/h3,5,7,11,14,16H,4,6,8-10,12,18H2,1-2H3/t14-,16-/m1/s1. The summed E-state index contributed by atoms with van der Waals surface area (Å²) >= 11 is 0. The number of aryl methyl sites for hydroxylation is 1. The number of hydrogen-bond acceptors (Lipinski definition) is 3. The number of carbonyl (C=O) groups is 1. The molecule has 1 aliphatic rings. The normalized spacial score (nSPS) is 21.3. The zero-order chi connectivity index (χ0) is 15.2. The molecule has 1 saturated carbocycles. The van der Waals surface area contributed by atoms with Crippen molar-refractivity contribution in [3.63, 3.8) is 0 Å². The van der Waals surface area contributed by atoms with Gasteiger partial charge in [-0.15, -0.1) is 0 Å². The highest BCUT2D eigenvalue weighted by molar-refractivity contribution is 5.79. The Morgan fingerprint density at radius 1 is 1.43 bits per heavy atom. The number of likely N-dealkylation sites (N-methyl/N-ethyl adjacent to an activating group) is 1. The summed E-state index contributed by atoms with van der Waals surface area (Å²) in [5.74, 6) is 1.55. The predicted molar refractivity (Wildman–Crippen MR) is 84.2 cm³/mol. The molecule has 1 fully saturated rings. The molecule has 4 heteroatoms. The van der Waals surface area contributed by atoms with Gasteiger partial charge in [0, 0.05) is 13.0 Å². The molecule has 2 atom stereocenters. The van der Waals surface area contributed by atoms with E-state index in [2.05, 4.69) is 0 Å². The number of nitrogens with two attached hydrogens (primary N) is 1. The fourth-order valence-electron chi connectivity index (χ4n) is 3.04. The number of carbonyl (C=O) groups excluding carboxylic acids is 1. The molecule has 0 aliphatic heterocycles. The number of amides is 1. The van der Waals surface area contributed by atoms with Crippen molar-refractivity contribution < 1.29 is 9.53 Å².